The maximum absolute atomic E-state index is 12.4. The Hall–Kier alpha value is -3.06. The third-order valence-corrected chi connectivity index (χ3v) is 4.32. The summed E-state index contributed by atoms with van der Waals surface area (Å²) in [6.45, 7) is 5.23. The highest BCUT2D eigenvalue weighted by Crippen LogP contribution is 2.16. The number of aryl methyl sites for hydroxylation is 1. The fourth-order valence-corrected chi connectivity index (χ4v) is 2.90. The van der Waals surface area contributed by atoms with Gasteiger partial charge in [0.1, 0.15) is 12.1 Å². The minimum atomic E-state index is -0.657. The lowest BCUT2D eigenvalue weighted by Gasteiger charge is -2.19. The topological polar surface area (TPSA) is 96.5 Å². The van der Waals surface area contributed by atoms with Crippen LogP contribution in [0.25, 0.3) is 0 Å². The monoisotopic (exact) mass is 445 g/mol. The number of halogens is 1. The van der Waals surface area contributed by atoms with Crippen LogP contribution in [-0.2, 0) is 27.3 Å². The molecule has 0 radical (unpaired) electrons. The molecule has 31 heavy (non-hydrogen) atoms. The van der Waals surface area contributed by atoms with Crippen LogP contribution < -0.4 is 16.0 Å². The second kappa shape index (κ2) is 11.4. The molecule has 3 N–H and O–H groups in total. The first kappa shape index (κ1) is 24.2. The Bertz CT molecular complexity index is 925. The molecule has 7 nitrogen and oxygen atoms in total. The normalized spacial score (nSPS) is 10.8. The van der Waals surface area contributed by atoms with Gasteiger partial charge in [0.2, 0.25) is 11.8 Å². The predicted molar refractivity (Wildman–Crippen MR) is 121 cm³/mol. The zero-order chi connectivity index (χ0) is 22.9. The minimum absolute atomic E-state index is 0.134. The van der Waals surface area contributed by atoms with E-state index in [-0.39, 0.29) is 24.9 Å². The van der Waals surface area contributed by atoms with Crippen molar-refractivity contribution in [3.63, 3.8) is 0 Å². The van der Waals surface area contributed by atoms with Crippen molar-refractivity contribution in [2.24, 2.45) is 0 Å². The van der Waals surface area contributed by atoms with E-state index in [0.29, 0.717) is 23.6 Å². The van der Waals surface area contributed by atoms with Crippen molar-refractivity contribution in [3.8, 4) is 0 Å². The first-order valence-electron chi connectivity index (χ1n) is 9.98. The van der Waals surface area contributed by atoms with Crippen LogP contribution in [0.1, 0.15) is 38.3 Å². The number of amides is 3. The summed E-state index contributed by atoms with van der Waals surface area (Å²) in [5, 5.41) is 8.65. The lowest BCUT2D eigenvalue weighted by molar-refractivity contribution is -0.120. The summed E-state index contributed by atoms with van der Waals surface area (Å²) in [6, 6.07) is 14.6. The highest BCUT2D eigenvalue weighted by molar-refractivity contribution is 6.30. The molecule has 0 saturated heterocycles. The number of hydrogen-bond donors (Lipinski definition) is 3. The second-order valence-electron chi connectivity index (χ2n) is 7.97. The highest BCUT2D eigenvalue weighted by Gasteiger charge is 2.16. The second-order valence-corrected chi connectivity index (χ2v) is 8.40. The third-order valence-electron chi connectivity index (χ3n) is 4.09. The number of anilines is 1. The minimum Gasteiger partial charge on any atom is -0.444 e. The average Bonchev–Trinajstić information content (AvgIpc) is 2.69. The van der Waals surface area contributed by atoms with E-state index in [4.69, 9.17) is 16.3 Å². The van der Waals surface area contributed by atoms with E-state index in [9.17, 15) is 14.4 Å². The Balaban J connectivity index is 1.82. The molecule has 0 aromatic heterocycles. The van der Waals surface area contributed by atoms with Crippen LogP contribution in [0.15, 0.2) is 48.5 Å². The number of nitrogens with one attached hydrogen (secondary N) is 3. The zero-order valence-corrected chi connectivity index (χ0v) is 18.7. The number of ether oxygens (including phenoxy) is 1. The van der Waals surface area contributed by atoms with Crippen LogP contribution >= 0.6 is 11.6 Å². The molecule has 0 aliphatic carbocycles. The van der Waals surface area contributed by atoms with Gasteiger partial charge < -0.3 is 20.7 Å². The molecule has 0 bridgehead atoms. The molecule has 0 fully saturated rings. The van der Waals surface area contributed by atoms with Gasteiger partial charge in [0, 0.05) is 23.7 Å². The first-order chi connectivity index (χ1) is 14.6. The van der Waals surface area contributed by atoms with Gasteiger partial charge in [-0.25, -0.2) is 4.79 Å². The summed E-state index contributed by atoms with van der Waals surface area (Å²) < 4.78 is 5.09. The largest absolute Gasteiger partial charge is 0.444 e. The number of para-hydroxylation sites is 1. The van der Waals surface area contributed by atoms with Crippen LogP contribution in [0.5, 0.6) is 0 Å². The molecular weight excluding hydrogens is 418 g/mol. The molecular formula is C23H28ClN3O4. The molecule has 3 amide bonds. The summed E-state index contributed by atoms with van der Waals surface area (Å²) in [5.74, 6) is -0.502. The first-order valence-corrected chi connectivity index (χ1v) is 10.4. The van der Waals surface area contributed by atoms with E-state index in [1.54, 1.807) is 32.9 Å². The maximum atomic E-state index is 12.4. The van der Waals surface area contributed by atoms with Gasteiger partial charge in [-0.1, -0.05) is 41.9 Å². The van der Waals surface area contributed by atoms with E-state index < -0.39 is 11.7 Å². The molecule has 0 atom stereocenters. The molecule has 0 unspecified atom stereocenters. The molecule has 0 spiro atoms. The molecule has 0 heterocycles. The van der Waals surface area contributed by atoms with Gasteiger partial charge in [0.25, 0.3) is 0 Å². The molecule has 2 rings (SSSR count). The van der Waals surface area contributed by atoms with E-state index >= 15 is 0 Å². The average molecular weight is 446 g/mol. The van der Waals surface area contributed by atoms with E-state index in [0.717, 1.165) is 11.1 Å². The zero-order valence-electron chi connectivity index (χ0n) is 18.0. The lowest BCUT2D eigenvalue weighted by Crippen LogP contribution is -2.39. The van der Waals surface area contributed by atoms with Crippen LogP contribution in [-0.4, -0.2) is 30.1 Å². The standard InChI is InChI=1S/C23H28ClN3O4/c1-23(2,3)31-22(30)26-15-21(29)25-14-17-8-4-5-10-19(17)27-20(28)12-11-16-7-6-9-18(24)13-16/h4-10,13H,11-12,14-15H2,1-3H3,(H,25,29)(H,26,30)(H,27,28). The highest BCUT2D eigenvalue weighted by atomic mass is 35.5. The number of rotatable bonds is 8. The lowest BCUT2D eigenvalue weighted by atomic mass is 10.1. The van der Waals surface area contributed by atoms with E-state index in [1.807, 2.05) is 36.4 Å². The summed E-state index contributed by atoms with van der Waals surface area (Å²) >= 11 is 5.97. The SMILES string of the molecule is CC(C)(C)OC(=O)NCC(=O)NCc1ccccc1NC(=O)CCc1cccc(Cl)c1. The Morgan fingerprint density at radius 2 is 1.71 bits per heavy atom. The van der Waals surface area contributed by atoms with Crippen molar-refractivity contribution >= 4 is 35.2 Å². The van der Waals surface area contributed by atoms with Crippen LogP contribution in [0.4, 0.5) is 10.5 Å². The van der Waals surface area contributed by atoms with Crippen molar-refractivity contribution in [1.82, 2.24) is 10.6 Å². The quantitative estimate of drug-likeness (QED) is 0.571. The van der Waals surface area contributed by atoms with Gasteiger partial charge in [-0.2, -0.15) is 0 Å². The fraction of sp³-hybridized carbons (Fsp3) is 0.348. The van der Waals surface area contributed by atoms with Gasteiger partial charge in [0.15, 0.2) is 0 Å². The molecule has 0 aliphatic heterocycles. The van der Waals surface area contributed by atoms with Crippen LogP contribution in [0.2, 0.25) is 5.02 Å². The summed E-state index contributed by atoms with van der Waals surface area (Å²) in [6.07, 6.45) is 0.220. The van der Waals surface area contributed by atoms with Gasteiger partial charge in [-0.05, 0) is 56.5 Å². The molecule has 2 aromatic carbocycles. The van der Waals surface area contributed by atoms with Crippen molar-refractivity contribution in [1.29, 1.82) is 0 Å². The predicted octanol–water partition coefficient (Wildman–Crippen LogP) is 4.05. The fourth-order valence-electron chi connectivity index (χ4n) is 2.68. The van der Waals surface area contributed by atoms with Crippen molar-refractivity contribution in [3.05, 3.63) is 64.7 Å². The van der Waals surface area contributed by atoms with Crippen LogP contribution in [0.3, 0.4) is 0 Å². The third kappa shape index (κ3) is 9.53. The maximum Gasteiger partial charge on any atom is 0.408 e. The number of carbonyl (C=O) groups is 3. The van der Waals surface area contributed by atoms with Crippen molar-refractivity contribution < 1.29 is 19.1 Å². The summed E-state index contributed by atoms with van der Waals surface area (Å²) in [7, 11) is 0. The molecule has 8 heteroatoms. The summed E-state index contributed by atoms with van der Waals surface area (Å²) in [5.41, 5.74) is 1.73. The van der Waals surface area contributed by atoms with E-state index in [1.165, 1.54) is 0 Å². The van der Waals surface area contributed by atoms with Crippen molar-refractivity contribution in [2.75, 3.05) is 11.9 Å². The number of hydrogen-bond acceptors (Lipinski definition) is 4. The number of benzene rings is 2. The molecule has 0 aliphatic rings. The summed E-state index contributed by atoms with van der Waals surface area (Å²) in [4.78, 5) is 36.0. The number of carbonyl (C=O) groups excluding carboxylic acids is 3. The van der Waals surface area contributed by atoms with Gasteiger partial charge in [-0.15, -0.1) is 0 Å². The van der Waals surface area contributed by atoms with Gasteiger partial charge >= 0.3 is 6.09 Å². The van der Waals surface area contributed by atoms with Crippen molar-refractivity contribution in [2.45, 2.75) is 45.8 Å². The smallest absolute Gasteiger partial charge is 0.408 e. The van der Waals surface area contributed by atoms with Crippen LogP contribution in [0, 0.1) is 0 Å². The molecule has 2 aromatic rings. The molecule has 0 saturated carbocycles. The Morgan fingerprint density at radius 1 is 0.968 bits per heavy atom. The van der Waals surface area contributed by atoms with Gasteiger partial charge in [0.05, 0.1) is 0 Å². The molecule has 166 valence electrons. The number of alkyl carbamates (subject to hydrolysis) is 1. The van der Waals surface area contributed by atoms with E-state index in [2.05, 4.69) is 16.0 Å². The van der Waals surface area contributed by atoms with Gasteiger partial charge in [-0.3, -0.25) is 9.59 Å². The Kier molecular flexibility index (Phi) is 8.88. The Labute approximate surface area is 187 Å². The Morgan fingerprint density at radius 3 is 2.42 bits per heavy atom.